The topological polar surface area (TPSA) is 214 Å². The lowest BCUT2D eigenvalue weighted by atomic mass is 9.97. The molecule has 12 nitrogen and oxygen atoms in total. The summed E-state index contributed by atoms with van der Waals surface area (Å²) in [6.45, 7) is 2.82. The number of carbonyl (C=O) groups excluding carboxylic acids is 4. The molecule has 1 aromatic carbocycles. The molecule has 188 valence electrons. The van der Waals surface area contributed by atoms with Crippen molar-refractivity contribution in [1.82, 2.24) is 16.0 Å². The van der Waals surface area contributed by atoms with E-state index in [-0.39, 0.29) is 6.42 Å². The molecule has 1 rings (SSSR count). The van der Waals surface area contributed by atoms with E-state index in [1.807, 2.05) is 0 Å². The van der Waals surface area contributed by atoms with Crippen molar-refractivity contribution in [2.75, 3.05) is 6.61 Å². The van der Waals surface area contributed by atoms with Gasteiger partial charge in [-0.2, -0.15) is 0 Å². The molecule has 0 aliphatic carbocycles. The summed E-state index contributed by atoms with van der Waals surface area (Å²) < 4.78 is 0. The second-order valence-electron chi connectivity index (χ2n) is 7.98. The van der Waals surface area contributed by atoms with E-state index in [1.165, 1.54) is 0 Å². The van der Waals surface area contributed by atoms with Gasteiger partial charge in [0.1, 0.15) is 24.2 Å². The fourth-order valence-corrected chi connectivity index (χ4v) is 3.04. The molecule has 0 heterocycles. The Morgan fingerprint density at radius 3 is 2.03 bits per heavy atom. The minimum atomic E-state index is -1.47. The highest BCUT2D eigenvalue weighted by molar-refractivity contribution is 5.96. The number of aliphatic carboxylic acids is 1. The van der Waals surface area contributed by atoms with Gasteiger partial charge in [-0.3, -0.25) is 19.2 Å². The smallest absolute Gasteiger partial charge is 0.326 e. The standard InChI is InChI=1S/C22H33N5O7/c1-3-12(2)18(27-19(30)14(23)11-28)21(32)25-15(10-17(24)29)20(31)26-16(22(33)34)9-13-7-5-4-6-8-13/h4-8,12,14-16,18,28H,3,9-11,23H2,1-2H3,(H2,24,29)(H,25,32)(H,26,31)(H,27,30)(H,33,34). The molecule has 4 amide bonds. The van der Waals surface area contributed by atoms with Crippen LogP contribution in [0.4, 0.5) is 0 Å². The van der Waals surface area contributed by atoms with Crippen LogP contribution in [0.1, 0.15) is 32.3 Å². The first-order chi connectivity index (χ1) is 16.0. The number of rotatable bonds is 14. The van der Waals surface area contributed by atoms with Crippen molar-refractivity contribution in [3.8, 4) is 0 Å². The van der Waals surface area contributed by atoms with Gasteiger partial charge in [0, 0.05) is 6.42 Å². The maximum atomic E-state index is 12.9. The number of primary amides is 1. The summed E-state index contributed by atoms with van der Waals surface area (Å²) in [5, 5.41) is 25.7. The lowest BCUT2D eigenvalue weighted by molar-refractivity contribution is -0.142. The van der Waals surface area contributed by atoms with Crippen molar-refractivity contribution in [3.05, 3.63) is 35.9 Å². The van der Waals surface area contributed by atoms with Crippen LogP contribution >= 0.6 is 0 Å². The number of carbonyl (C=O) groups is 5. The van der Waals surface area contributed by atoms with E-state index >= 15 is 0 Å². The van der Waals surface area contributed by atoms with E-state index in [0.29, 0.717) is 12.0 Å². The lowest BCUT2D eigenvalue weighted by Crippen LogP contribution is -2.59. The predicted molar refractivity (Wildman–Crippen MR) is 122 cm³/mol. The molecule has 0 aromatic heterocycles. The highest BCUT2D eigenvalue weighted by Gasteiger charge is 2.33. The molecule has 9 N–H and O–H groups in total. The molecule has 0 spiro atoms. The first-order valence-electron chi connectivity index (χ1n) is 10.8. The summed E-state index contributed by atoms with van der Waals surface area (Å²) >= 11 is 0. The van der Waals surface area contributed by atoms with Crippen LogP contribution in [-0.4, -0.2) is 70.6 Å². The maximum absolute atomic E-state index is 12.9. The van der Waals surface area contributed by atoms with Crippen molar-refractivity contribution in [2.24, 2.45) is 17.4 Å². The molecule has 0 saturated heterocycles. The zero-order valence-corrected chi connectivity index (χ0v) is 19.2. The lowest BCUT2D eigenvalue weighted by Gasteiger charge is -2.27. The van der Waals surface area contributed by atoms with Gasteiger partial charge < -0.3 is 37.6 Å². The van der Waals surface area contributed by atoms with Crippen molar-refractivity contribution in [1.29, 1.82) is 0 Å². The Kier molecular flexibility index (Phi) is 11.7. The van der Waals surface area contributed by atoms with E-state index in [1.54, 1.807) is 44.2 Å². The van der Waals surface area contributed by atoms with Gasteiger partial charge in [-0.05, 0) is 11.5 Å². The van der Waals surface area contributed by atoms with Crippen molar-refractivity contribution < 1.29 is 34.2 Å². The van der Waals surface area contributed by atoms with Gasteiger partial charge in [0.05, 0.1) is 13.0 Å². The summed E-state index contributed by atoms with van der Waals surface area (Å²) in [5.41, 5.74) is 11.4. The molecule has 0 radical (unpaired) electrons. The quantitative estimate of drug-likeness (QED) is 0.158. The van der Waals surface area contributed by atoms with Crippen LogP contribution < -0.4 is 27.4 Å². The molecule has 0 aliphatic rings. The number of nitrogens with two attached hydrogens (primary N) is 2. The van der Waals surface area contributed by atoms with E-state index < -0.39 is 72.7 Å². The number of aliphatic hydroxyl groups excluding tert-OH is 1. The van der Waals surface area contributed by atoms with Crippen molar-refractivity contribution in [2.45, 2.75) is 57.3 Å². The van der Waals surface area contributed by atoms with E-state index in [2.05, 4.69) is 16.0 Å². The Morgan fingerprint density at radius 1 is 0.941 bits per heavy atom. The third kappa shape index (κ3) is 9.16. The van der Waals surface area contributed by atoms with Crippen LogP contribution in [0.25, 0.3) is 0 Å². The summed E-state index contributed by atoms with van der Waals surface area (Å²) in [5.74, 6) is -5.07. The molecule has 0 bridgehead atoms. The van der Waals surface area contributed by atoms with E-state index in [0.717, 1.165) is 0 Å². The van der Waals surface area contributed by atoms with Gasteiger partial charge in [0.2, 0.25) is 23.6 Å². The highest BCUT2D eigenvalue weighted by Crippen LogP contribution is 2.10. The van der Waals surface area contributed by atoms with E-state index in [4.69, 9.17) is 16.6 Å². The number of amides is 4. The minimum absolute atomic E-state index is 0.0241. The number of carboxylic acids is 1. The van der Waals surface area contributed by atoms with Crippen molar-refractivity contribution >= 4 is 29.6 Å². The third-order valence-electron chi connectivity index (χ3n) is 5.26. The van der Waals surface area contributed by atoms with Crippen LogP contribution in [0.5, 0.6) is 0 Å². The SMILES string of the molecule is CCC(C)C(NC(=O)C(N)CO)C(=O)NC(CC(N)=O)C(=O)NC(Cc1ccccc1)C(=O)O. The largest absolute Gasteiger partial charge is 0.480 e. The first-order valence-corrected chi connectivity index (χ1v) is 10.8. The van der Waals surface area contributed by atoms with Crippen LogP contribution in [0, 0.1) is 5.92 Å². The maximum Gasteiger partial charge on any atom is 0.326 e. The highest BCUT2D eigenvalue weighted by atomic mass is 16.4. The Balaban J connectivity index is 3.03. The molecular formula is C22H33N5O7. The molecule has 34 heavy (non-hydrogen) atoms. The van der Waals surface area contributed by atoms with Gasteiger partial charge in [0.15, 0.2) is 0 Å². The third-order valence-corrected chi connectivity index (χ3v) is 5.26. The zero-order chi connectivity index (χ0) is 25.8. The fraction of sp³-hybridized carbons (Fsp3) is 0.500. The summed E-state index contributed by atoms with van der Waals surface area (Å²) in [7, 11) is 0. The van der Waals surface area contributed by atoms with Crippen LogP contribution in [0.3, 0.4) is 0 Å². The zero-order valence-electron chi connectivity index (χ0n) is 19.2. The average Bonchev–Trinajstić information content (AvgIpc) is 2.80. The normalized spacial score (nSPS) is 15.2. The molecule has 0 saturated carbocycles. The summed E-state index contributed by atoms with van der Waals surface area (Å²) in [6, 6.07) is 3.42. The number of hydrogen-bond donors (Lipinski definition) is 7. The Bertz CT molecular complexity index is 864. The van der Waals surface area contributed by atoms with E-state index in [9.17, 15) is 29.1 Å². The Labute approximate surface area is 197 Å². The van der Waals surface area contributed by atoms with Gasteiger partial charge in [0.25, 0.3) is 0 Å². The molecule has 5 atom stereocenters. The van der Waals surface area contributed by atoms with Crippen LogP contribution in [0.2, 0.25) is 0 Å². The summed E-state index contributed by atoms with van der Waals surface area (Å²) in [4.78, 5) is 61.1. The number of aliphatic hydroxyl groups is 1. The van der Waals surface area contributed by atoms with Crippen LogP contribution in [-0.2, 0) is 30.4 Å². The molecule has 0 fully saturated rings. The Morgan fingerprint density at radius 2 is 1.53 bits per heavy atom. The predicted octanol–water partition coefficient (Wildman–Crippen LogP) is -1.99. The van der Waals surface area contributed by atoms with Crippen LogP contribution in [0.15, 0.2) is 30.3 Å². The van der Waals surface area contributed by atoms with Gasteiger partial charge in [-0.25, -0.2) is 4.79 Å². The van der Waals surface area contributed by atoms with Gasteiger partial charge in [-0.1, -0.05) is 50.6 Å². The summed E-state index contributed by atoms with van der Waals surface area (Å²) in [6.07, 6.45) is -0.145. The number of benzene rings is 1. The molecular weight excluding hydrogens is 446 g/mol. The first kappa shape index (κ1) is 28.5. The monoisotopic (exact) mass is 479 g/mol. The Hall–Kier alpha value is -3.51. The second kappa shape index (κ2) is 13.9. The molecule has 5 unspecified atom stereocenters. The van der Waals surface area contributed by atoms with Crippen molar-refractivity contribution in [3.63, 3.8) is 0 Å². The second-order valence-corrected chi connectivity index (χ2v) is 7.98. The number of hydrogen-bond acceptors (Lipinski definition) is 7. The molecule has 0 aliphatic heterocycles. The molecule has 12 heteroatoms. The van der Waals surface area contributed by atoms with Gasteiger partial charge >= 0.3 is 5.97 Å². The minimum Gasteiger partial charge on any atom is -0.480 e. The number of carboxylic acid groups (broad SMARTS) is 1. The fourth-order valence-electron chi connectivity index (χ4n) is 3.04. The number of nitrogens with one attached hydrogen (secondary N) is 3. The van der Waals surface area contributed by atoms with Gasteiger partial charge in [-0.15, -0.1) is 0 Å². The average molecular weight is 480 g/mol. The molecule has 1 aromatic rings.